The van der Waals surface area contributed by atoms with Crippen molar-refractivity contribution in [3.8, 4) is 28.8 Å². The zero-order chi connectivity index (χ0) is 15.1. The molecule has 6 heteroatoms. The molecule has 3 aromatic rings. The minimum absolute atomic E-state index is 0.341. The van der Waals surface area contributed by atoms with E-state index in [0.29, 0.717) is 17.3 Å². The Balaban J connectivity index is 0.000000774. The van der Waals surface area contributed by atoms with Crippen molar-refractivity contribution < 1.29 is 0 Å². The molecule has 0 unspecified atom stereocenters. The van der Waals surface area contributed by atoms with Gasteiger partial charge in [0.15, 0.2) is 11.6 Å². The first kappa shape index (κ1) is 14.3. The van der Waals surface area contributed by atoms with Crippen molar-refractivity contribution in [1.82, 2.24) is 25.1 Å². The van der Waals surface area contributed by atoms with Gasteiger partial charge in [0.1, 0.15) is 11.8 Å². The van der Waals surface area contributed by atoms with E-state index in [9.17, 15) is 0 Å². The van der Waals surface area contributed by atoms with Gasteiger partial charge in [-0.05, 0) is 24.3 Å². The fraction of sp³-hybridized carbons (Fsp3) is 0.133. The van der Waals surface area contributed by atoms with Crippen LogP contribution in [0.1, 0.15) is 19.5 Å². The first-order valence-corrected chi connectivity index (χ1v) is 6.56. The molecular weight excluding hydrogens is 264 g/mol. The monoisotopic (exact) mass is 278 g/mol. The van der Waals surface area contributed by atoms with Crippen LogP contribution in [0.3, 0.4) is 0 Å². The van der Waals surface area contributed by atoms with Crippen LogP contribution in [0, 0.1) is 11.3 Å². The SMILES string of the molecule is CC.N#Cc1cc(-c2n[nH]c(-c3ccncc3)n2)ccn1. The van der Waals surface area contributed by atoms with Crippen LogP contribution in [0.2, 0.25) is 0 Å². The third-order valence-corrected chi connectivity index (χ3v) is 2.57. The molecule has 0 spiro atoms. The van der Waals surface area contributed by atoms with Crippen molar-refractivity contribution in [3.63, 3.8) is 0 Å². The van der Waals surface area contributed by atoms with E-state index in [1.54, 1.807) is 30.7 Å². The highest BCUT2D eigenvalue weighted by Crippen LogP contribution is 2.19. The van der Waals surface area contributed by atoms with Gasteiger partial charge in [0.25, 0.3) is 0 Å². The first-order chi connectivity index (χ1) is 10.4. The Bertz CT molecular complexity index is 742. The molecule has 21 heavy (non-hydrogen) atoms. The van der Waals surface area contributed by atoms with Crippen LogP contribution in [0.5, 0.6) is 0 Å². The minimum atomic E-state index is 0.341. The Labute approximate surface area is 122 Å². The normalized spacial score (nSPS) is 9.38. The molecule has 1 N–H and O–H groups in total. The van der Waals surface area contributed by atoms with Crippen molar-refractivity contribution >= 4 is 0 Å². The Morgan fingerprint density at radius 1 is 1.05 bits per heavy atom. The number of hydrogen-bond donors (Lipinski definition) is 1. The molecule has 104 valence electrons. The molecule has 3 rings (SSSR count). The van der Waals surface area contributed by atoms with Gasteiger partial charge >= 0.3 is 0 Å². The summed E-state index contributed by atoms with van der Waals surface area (Å²) >= 11 is 0. The Morgan fingerprint density at radius 2 is 1.76 bits per heavy atom. The molecule has 0 radical (unpaired) electrons. The molecule has 0 saturated carbocycles. The number of nitrogens with zero attached hydrogens (tertiary/aromatic N) is 5. The first-order valence-electron chi connectivity index (χ1n) is 6.56. The van der Waals surface area contributed by atoms with Crippen molar-refractivity contribution in [2.24, 2.45) is 0 Å². The van der Waals surface area contributed by atoms with E-state index in [1.165, 1.54) is 0 Å². The van der Waals surface area contributed by atoms with Gasteiger partial charge in [-0.2, -0.15) is 10.4 Å². The van der Waals surface area contributed by atoms with E-state index in [2.05, 4.69) is 25.1 Å². The van der Waals surface area contributed by atoms with E-state index in [0.717, 1.165) is 11.1 Å². The molecule has 3 aromatic heterocycles. The van der Waals surface area contributed by atoms with Gasteiger partial charge in [0.05, 0.1) is 0 Å². The van der Waals surface area contributed by atoms with Crippen LogP contribution >= 0.6 is 0 Å². The molecule has 6 nitrogen and oxygen atoms in total. The molecule has 3 heterocycles. The second kappa shape index (κ2) is 6.91. The van der Waals surface area contributed by atoms with E-state index in [4.69, 9.17) is 5.26 Å². The lowest BCUT2D eigenvalue weighted by molar-refractivity contribution is 1.10. The third kappa shape index (κ3) is 3.28. The molecule has 0 atom stereocenters. The van der Waals surface area contributed by atoms with Gasteiger partial charge in [-0.15, -0.1) is 0 Å². The van der Waals surface area contributed by atoms with Crippen molar-refractivity contribution in [1.29, 1.82) is 5.26 Å². The van der Waals surface area contributed by atoms with Gasteiger partial charge in [-0.3, -0.25) is 10.1 Å². The summed E-state index contributed by atoms with van der Waals surface area (Å²) in [6.45, 7) is 4.00. The van der Waals surface area contributed by atoms with E-state index in [1.807, 2.05) is 32.0 Å². The number of H-pyrrole nitrogens is 1. The van der Waals surface area contributed by atoms with Crippen molar-refractivity contribution in [2.75, 3.05) is 0 Å². The number of nitrogens with one attached hydrogen (secondary N) is 1. The van der Waals surface area contributed by atoms with Gasteiger partial charge in [-0.1, -0.05) is 13.8 Å². The minimum Gasteiger partial charge on any atom is -0.265 e. The number of rotatable bonds is 2. The van der Waals surface area contributed by atoms with Gasteiger partial charge < -0.3 is 0 Å². The van der Waals surface area contributed by atoms with Gasteiger partial charge in [-0.25, -0.2) is 9.97 Å². The highest BCUT2D eigenvalue weighted by molar-refractivity contribution is 5.61. The van der Waals surface area contributed by atoms with E-state index in [-0.39, 0.29) is 0 Å². The smallest absolute Gasteiger partial charge is 0.181 e. The Morgan fingerprint density at radius 3 is 2.48 bits per heavy atom. The lowest BCUT2D eigenvalue weighted by atomic mass is 10.2. The van der Waals surface area contributed by atoms with Crippen molar-refractivity contribution in [3.05, 3.63) is 48.5 Å². The fourth-order valence-electron chi connectivity index (χ4n) is 1.66. The summed E-state index contributed by atoms with van der Waals surface area (Å²) in [5.41, 5.74) is 2.00. The predicted octanol–water partition coefficient (Wildman–Crippen LogP) is 2.83. The molecule has 0 fully saturated rings. The van der Waals surface area contributed by atoms with Gasteiger partial charge in [0, 0.05) is 29.7 Å². The molecule has 0 aromatic carbocycles. The lowest BCUT2D eigenvalue weighted by Gasteiger charge is -1.94. The highest BCUT2D eigenvalue weighted by atomic mass is 15.2. The van der Waals surface area contributed by atoms with Crippen LogP contribution in [-0.4, -0.2) is 25.1 Å². The van der Waals surface area contributed by atoms with E-state index < -0.39 is 0 Å². The predicted molar refractivity (Wildman–Crippen MR) is 78.9 cm³/mol. The summed E-state index contributed by atoms with van der Waals surface area (Å²) in [4.78, 5) is 12.3. The van der Waals surface area contributed by atoms with Crippen LogP contribution < -0.4 is 0 Å². The zero-order valence-electron chi connectivity index (χ0n) is 11.8. The number of pyridine rings is 2. The maximum Gasteiger partial charge on any atom is 0.181 e. The summed E-state index contributed by atoms with van der Waals surface area (Å²) in [6.07, 6.45) is 4.95. The summed E-state index contributed by atoms with van der Waals surface area (Å²) in [6, 6.07) is 9.10. The number of hydrogen-bond acceptors (Lipinski definition) is 5. The number of nitriles is 1. The molecule has 0 saturated heterocycles. The average Bonchev–Trinajstić information content (AvgIpc) is 3.08. The molecule has 0 bridgehead atoms. The van der Waals surface area contributed by atoms with E-state index >= 15 is 0 Å². The van der Waals surface area contributed by atoms with Crippen molar-refractivity contribution in [2.45, 2.75) is 13.8 Å². The second-order valence-electron chi connectivity index (χ2n) is 3.79. The zero-order valence-corrected chi connectivity index (χ0v) is 11.8. The molecular formula is C15H14N6. The van der Waals surface area contributed by atoms with Gasteiger partial charge in [0.2, 0.25) is 0 Å². The highest BCUT2D eigenvalue weighted by Gasteiger charge is 2.08. The maximum absolute atomic E-state index is 8.82. The Kier molecular flexibility index (Phi) is 4.72. The fourth-order valence-corrected chi connectivity index (χ4v) is 1.66. The Hall–Kier alpha value is -3.07. The number of aromatic amines is 1. The number of aromatic nitrogens is 5. The lowest BCUT2D eigenvalue weighted by Crippen LogP contribution is -1.86. The summed E-state index contributed by atoms with van der Waals surface area (Å²) in [7, 11) is 0. The van der Waals surface area contributed by atoms with Crippen LogP contribution in [0.15, 0.2) is 42.9 Å². The van der Waals surface area contributed by atoms with Crippen LogP contribution in [0.4, 0.5) is 0 Å². The molecule has 0 aliphatic heterocycles. The topological polar surface area (TPSA) is 91.1 Å². The van der Waals surface area contributed by atoms with Crippen LogP contribution in [0.25, 0.3) is 22.8 Å². The summed E-state index contributed by atoms with van der Waals surface area (Å²) < 4.78 is 0. The second-order valence-corrected chi connectivity index (χ2v) is 3.79. The average molecular weight is 278 g/mol. The van der Waals surface area contributed by atoms with Crippen LogP contribution in [-0.2, 0) is 0 Å². The summed E-state index contributed by atoms with van der Waals surface area (Å²) in [5.74, 6) is 1.19. The largest absolute Gasteiger partial charge is 0.265 e. The molecule has 0 amide bonds. The molecule has 0 aliphatic carbocycles. The third-order valence-electron chi connectivity index (χ3n) is 2.57. The maximum atomic E-state index is 8.82. The summed E-state index contributed by atoms with van der Waals surface area (Å²) in [5, 5.41) is 15.8. The molecule has 0 aliphatic rings. The quantitative estimate of drug-likeness (QED) is 0.778. The standard InChI is InChI=1S/C13H8N6.C2H6/c14-8-11-7-10(3-6-16-11)13-17-12(18-19-13)9-1-4-15-5-2-9;1-2/h1-7H,(H,17,18,19);1-2H3.